The normalized spacial score (nSPS) is 14.1. The molecule has 4 aromatic carbocycles. The van der Waals surface area contributed by atoms with Gasteiger partial charge in [-0.3, -0.25) is 13.9 Å². The third-order valence-corrected chi connectivity index (χ3v) is 10.7. The van der Waals surface area contributed by atoms with Crippen molar-refractivity contribution in [1.29, 1.82) is 0 Å². The lowest BCUT2D eigenvalue weighted by Crippen LogP contribution is -2.54. The van der Waals surface area contributed by atoms with Crippen LogP contribution in [0, 0.1) is 13.8 Å². The molecule has 5 rings (SSSR count). The third kappa shape index (κ3) is 8.17. The Labute approximate surface area is 277 Å². The summed E-state index contributed by atoms with van der Waals surface area (Å²) < 4.78 is 29.4. The van der Waals surface area contributed by atoms with E-state index in [1.165, 1.54) is 17.0 Å². The molecule has 0 unspecified atom stereocenters. The predicted octanol–water partition coefficient (Wildman–Crippen LogP) is 6.85. The molecule has 240 valence electrons. The number of benzene rings is 4. The number of halogens is 1. The van der Waals surface area contributed by atoms with E-state index in [0.717, 1.165) is 52.2 Å². The van der Waals surface area contributed by atoms with Gasteiger partial charge in [-0.25, -0.2) is 8.42 Å². The van der Waals surface area contributed by atoms with Gasteiger partial charge < -0.3 is 10.2 Å². The monoisotopic (exact) mass is 657 g/mol. The molecule has 1 fully saturated rings. The second-order valence-electron chi connectivity index (χ2n) is 12.0. The van der Waals surface area contributed by atoms with Crippen molar-refractivity contribution in [3.63, 3.8) is 0 Å². The molecule has 0 saturated heterocycles. The summed E-state index contributed by atoms with van der Waals surface area (Å²) in [6.45, 7) is 3.40. The summed E-state index contributed by atoms with van der Waals surface area (Å²) in [6.07, 6.45) is 4.16. The van der Waals surface area contributed by atoms with Crippen LogP contribution in [0.4, 0.5) is 5.69 Å². The molecule has 0 radical (unpaired) electrons. The number of hydrogen-bond acceptors (Lipinski definition) is 4. The maximum atomic E-state index is 14.6. The highest BCUT2D eigenvalue weighted by Crippen LogP contribution is 2.29. The van der Waals surface area contributed by atoms with Crippen LogP contribution in [-0.2, 0) is 32.6 Å². The molecule has 4 aromatic rings. The summed E-state index contributed by atoms with van der Waals surface area (Å²) in [7, 11) is -4.19. The molecule has 0 spiro atoms. The van der Waals surface area contributed by atoms with Crippen molar-refractivity contribution in [2.75, 3.05) is 10.8 Å². The van der Waals surface area contributed by atoms with Crippen molar-refractivity contribution in [1.82, 2.24) is 10.2 Å². The van der Waals surface area contributed by atoms with E-state index in [9.17, 15) is 18.0 Å². The minimum absolute atomic E-state index is 0.0459. The van der Waals surface area contributed by atoms with Crippen LogP contribution in [0.1, 0.15) is 47.9 Å². The Bertz CT molecular complexity index is 1760. The summed E-state index contributed by atoms with van der Waals surface area (Å²) in [4.78, 5) is 30.3. The van der Waals surface area contributed by atoms with Crippen LogP contribution in [0.25, 0.3) is 0 Å². The van der Waals surface area contributed by atoms with Crippen LogP contribution in [0.2, 0.25) is 5.02 Å². The molecule has 1 atom stereocenters. The minimum atomic E-state index is -4.19. The molecule has 46 heavy (non-hydrogen) atoms. The number of sulfonamides is 1. The average molecular weight is 658 g/mol. The van der Waals surface area contributed by atoms with Crippen molar-refractivity contribution in [3.05, 3.63) is 130 Å². The standard InChI is InChI=1S/C37H40ClN3O4S/c1-27-12-11-15-30(22-27)25-40(35(23-29-13-5-3-6-14-29)37(43)39-31-16-9-10-17-31)36(42)26-41(32-21-20-28(2)34(38)24-32)46(44,45)33-18-7-4-8-19-33/h3-8,11-15,18-22,24,31,35H,9-10,16-17,23,25-26H2,1-2H3,(H,39,43)/t35-/m1/s1. The van der Waals surface area contributed by atoms with Crippen LogP contribution >= 0.6 is 11.6 Å². The van der Waals surface area contributed by atoms with Gasteiger partial charge in [0, 0.05) is 24.0 Å². The van der Waals surface area contributed by atoms with E-state index in [1.807, 2.05) is 68.4 Å². The number of rotatable bonds is 12. The number of nitrogens with zero attached hydrogens (tertiary/aromatic N) is 2. The van der Waals surface area contributed by atoms with Gasteiger partial charge in [-0.1, -0.05) is 109 Å². The predicted molar refractivity (Wildman–Crippen MR) is 183 cm³/mol. The van der Waals surface area contributed by atoms with Gasteiger partial charge in [-0.15, -0.1) is 0 Å². The molecule has 1 N–H and O–H groups in total. The highest BCUT2D eigenvalue weighted by Gasteiger charge is 2.35. The van der Waals surface area contributed by atoms with Gasteiger partial charge in [-0.05, 0) is 67.6 Å². The fourth-order valence-corrected chi connectivity index (χ4v) is 7.52. The molecule has 0 heterocycles. The molecule has 0 aromatic heterocycles. The average Bonchev–Trinajstić information content (AvgIpc) is 3.56. The van der Waals surface area contributed by atoms with Crippen molar-refractivity contribution in [3.8, 4) is 0 Å². The van der Waals surface area contributed by atoms with Crippen molar-refractivity contribution in [2.24, 2.45) is 0 Å². The van der Waals surface area contributed by atoms with E-state index in [4.69, 9.17) is 11.6 Å². The van der Waals surface area contributed by atoms with Crippen molar-refractivity contribution in [2.45, 2.75) is 69.5 Å². The largest absolute Gasteiger partial charge is 0.352 e. The third-order valence-electron chi connectivity index (χ3n) is 8.46. The van der Waals surface area contributed by atoms with Gasteiger partial charge in [0.2, 0.25) is 11.8 Å². The summed E-state index contributed by atoms with van der Waals surface area (Å²) in [6, 6.07) is 29.5. The topological polar surface area (TPSA) is 86.8 Å². The van der Waals surface area contributed by atoms with Crippen LogP contribution in [-0.4, -0.2) is 43.8 Å². The van der Waals surface area contributed by atoms with Crippen LogP contribution < -0.4 is 9.62 Å². The smallest absolute Gasteiger partial charge is 0.264 e. The first-order valence-corrected chi connectivity index (χ1v) is 17.5. The maximum Gasteiger partial charge on any atom is 0.264 e. The van der Waals surface area contributed by atoms with E-state index >= 15 is 0 Å². The highest BCUT2D eigenvalue weighted by atomic mass is 35.5. The summed E-state index contributed by atoms with van der Waals surface area (Å²) in [5.41, 5.74) is 3.80. The lowest BCUT2D eigenvalue weighted by Gasteiger charge is -2.34. The first-order valence-electron chi connectivity index (χ1n) is 15.6. The van der Waals surface area contributed by atoms with Crippen LogP contribution in [0.3, 0.4) is 0 Å². The summed E-state index contributed by atoms with van der Waals surface area (Å²) >= 11 is 6.47. The van der Waals surface area contributed by atoms with E-state index in [-0.39, 0.29) is 35.5 Å². The molecular formula is C37H40ClN3O4S. The van der Waals surface area contributed by atoms with Crippen molar-refractivity contribution >= 4 is 39.1 Å². The second-order valence-corrected chi connectivity index (χ2v) is 14.2. The van der Waals surface area contributed by atoms with E-state index < -0.39 is 28.5 Å². The molecular weight excluding hydrogens is 618 g/mol. The number of hydrogen-bond donors (Lipinski definition) is 1. The molecule has 9 heteroatoms. The van der Waals surface area contributed by atoms with Gasteiger partial charge in [0.15, 0.2) is 0 Å². The van der Waals surface area contributed by atoms with E-state index in [0.29, 0.717) is 5.02 Å². The molecule has 7 nitrogen and oxygen atoms in total. The maximum absolute atomic E-state index is 14.6. The number of carbonyl (C=O) groups excluding carboxylic acids is 2. The fraction of sp³-hybridized carbons (Fsp3) is 0.297. The number of carbonyl (C=O) groups is 2. The summed E-state index contributed by atoms with van der Waals surface area (Å²) in [5, 5.41) is 3.59. The highest BCUT2D eigenvalue weighted by molar-refractivity contribution is 7.92. The number of anilines is 1. The van der Waals surface area contributed by atoms with Gasteiger partial charge in [0.25, 0.3) is 10.0 Å². The SMILES string of the molecule is Cc1cccc(CN(C(=O)CN(c2ccc(C)c(Cl)c2)S(=O)(=O)c2ccccc2)[C@H](Cc2ccccc2)C(=O)NC2CCCC2)c1. The van der Waals surface area contributed by atoms with Gasteiger partial charge >= 0.3 is 0 Å². The van der Waals surface area contributed by atoms with Gasteiger partial charge in [-0.2, -0.15) is 0 Å². The summed E-state index contributed by atoms with van der Waals surface area (Å²) in [5.74, 6) is -0.743. The molecule has 1 saturated carbocycles. The molecule has 0 aliphatic heterocycles. The van der Waals surface area contributed by atoms with Gasteiger partial charge in [0.05, 0.1) is 10.6 Å². The van der Waals surface area contributed by atoms with Crippen LogP contribution in [0.15, 0.2) is 108 Å². The Morgan fingerprint density at radius 3 is 2.15 bits per heavy atom. The zero-order chi connectivity index (χ0) is 32.7. The zero-order valence-electron chi connectivity index (χ0n) is 26.2. The zero-order valence-corrected chi connectivity index (χ0v) is 27.8. The first kappa shape index (κ1) is 33.2. The number of nitrogens with one attached hydrogen (secondary N) is 1. The number of aryl methyl sites for hydroxylation is 2. The second kappa shape index (κ2) is 15.0. The Balaban J connectivity index is 1.57. The minimum Gasteiger partial charge on any atom is -0.352 e. The Kier molecular flexibility index (Phi) is 10.8. The Morgan fingerprint density at radius 1 is 0.848 bits per heavy atom. The lowest BCUT2D eigenvalue weighted by atomic mass is 10.0. The van der Waals surface area contributed by atoms with Gasteiger partial charge in [0.1, 0.15) is 12.6 Å². The van der Waals surface area contributed by atoms with E-state index in [2.05, 4.69) is 5.32 Å². The fourth-order valence-electron chi connectivity index (χ4n) is 5.91. The molecule has 1 aliphatic carbocycles. The number of amides is 2. The first-order chi connectivity index (χ1) is 22.1. The lowest BCUT2D eigenvalue weighted by molar-refractivity contribution is -0.140. The quantitative estimate of drug-likeness (QED) is 0.181. The van der Waals surface area contributed by atoms with E-state index in [1.54, 1.807) is 36.4 Å². The molecule has 0 bridgehead atoms. The molecule has 1 aliphatic rings. The Morgan fingerprint density at radius 2 is 1.50 bits per heavy atom. The van der Waals surface area contributed by atoms with Crippen LogP contribution in [0.5, 0.6) is 0 Å². The molecule has 2 amide bonds. The Hall–Kier alpha value is -4.14. The van der Waals surface area contributed by atoms with Crippen molar-refractivity contribution < 1.29 is 18.0 Å².